The lowest BCUT2D eigenvalue weighted by Gasteiger charge is -2.20. The van der Waals surface area contributed by atoms with Crippen molar-refractivity contribution >= 4 is 11.9 Å². The Bertz CT molecular complexity index is 505. The number of benzene rings is 1. The molecule has 0 saturated heterocycles. The van der Waals surface area contributed by atoms with Crippen molar-refractivity contribution in [1.82, 2.24) is 4.90 Å². The van der Waals surface area contributed by atoms with Crippen molar-refractivity contribution in [2.45, 2.75) is 19.0 Å². The molecule has 19 heavy (non-hydrogen) atoms. The molecule has 0 aliphatic rings. The maximum absolute atomic E-state index is 11.8. The number of carboxylic acids is 1. The first-order valence-electron chi connectivity index (χ1n) is 5.65. The van der Waals surface area contributed by atoms with Gasteiger partial charge in [-0.2, -0.15) is 5.26 Å². The average Bonchev–Trinajstić information content (AvgIpc) is 2.37. The summed E-state index contributed by atoms with van der Waals surface area (Å²) >= 11 is 0. The summed E-state index contributed by atoms with van der Waals surface area (Å²) in [7, 11) is 1.56. The van der Waals surface area contributed by atoms with Crippen LogP contribution in [-0.4, -0.2) is 35.0 Å². The van der Waals surface area contributed by atoms with Crippen molar-refractivity contribution in [2.75, 3.05) is 7.05 Å². The minimum atomic E-state index is -1.10. The van der Waals surface area contributed by atoms with Gasteiger partial charge in [0.25, 0.3) is 0 Å². The van der Waals surface area contributed by atoms with Crippen molar-refractivity contribution in [3.63, 3.8) is 0 Å². The third-order valence-corrected chi connectivity index (χ3v) is 2.59. The minimum absolute atomic E-state index is 0.317. The number of nitriles is 1. The third kappa shape index (κ3) is 4.41. The molecule has 0 saturated carbocycles. The molecule has 1 rings (SSSR count). The largest absolute Gasteiger partial charge is 0.481 e. The van der Waals surface area contributed by atoms with E-state index in [9.17, 15) is 9.59 Å². The first kappa shape index (κ1) is 14.7. The van der Waals surface area contributed by atoms with Crippen LogP contribution in [0.2, 0.25) is 0 Å². The predicted octanol–water partition coefficient (Wildman–Crippen LogP) is 0.319. The Labute approximate surface area is 111 Å². The summed E-state index contributed by atoms with van der Waals surface area (Å²) in [6, 6.07) is 7.76. The summed E-state index contributed by atoms with van der Waals surface area (Å²) in [5.41, 5.74) is 6.89. The number of nitrogens with zero attached hydrogens (tertiary/aromatic N) is 2. The molecule has 0 aliphatic heterocycles. The smallest absolute Gasteiger partial charge is 0.305 e. The van der Waals surface area contributed by atoms with Crippen LogP contribution in [0, 0.1) is 11.3 Å². The van der Waals surface area contributed by atoms with Crippen LogP contribution in [0.25, 0.3) is 0 Å². The van der Waals surface area contributed by atoms with E-state index in [0.717, 1.165) is 5.56 Å². The van der Waals surface area contributed by atoms with Crippen molar-refractivity contribution in [3.05, 3.63) is 35.4 Å². The lowest BCUT2D eigenvalue weighted by Crippen LogP contribution is -2.42. The number of nitrogens with two attached hydrogens (primary N) is 1. The second kappa shape index (κ2) is 6.52. The van der Waals surface area contributed by atoms with Crippen LogP contribution in [0.4, 0.5) is 0 Å². The van der Waals surface area contributed by atoms with Crippen LogP contribution in [-0.2, 0) is 16.1 Å². The quantitative estimate of drug-likeness (QED) is 0.793. The Morgan fingerprint density at radius 3 is 2.47 bits per heavy atom. The van der Waals surface area contributed by atoms with E-state index in [1.807, 2.05) is 6.07 Å². The maximum Gasteiger partial charge on any atom is 0.305 e. The van der Waals surface area contributed by atoms with Crippen LogP contribution in [0.15, 0.2) is 24.3 Å². The molecule has 0 aromatic heterocycles. The van der Waals surface area contributed by atoms with Gasteiger partial charge in [0.05, 0.1) is 24.1 Å². The number of carbonyl (C=O) groups excluding carboxylic acids is 1. The van der Waals surface area contributed by atoms with Crippen LogP contribution < -0.4 is 5.73 Å². The highest BCUT2D eigenvalue weighted by Gasteiger charge is 2.20. The zero-order valence-electron chi connectivity index (χ0n) is 10.5. The van der Waals surface area contributed by atoms with E-state index in [4.69, 9.17) is 16.1 Å². The molecule has 6 heteroatoms. The lowest BCUT2D eigenvalue weighted by atomic mass is 10.1. The minimum Gasteiger partial charge on any atom is -0.481 e. The Morgan fingerprint density at radius 1 is 1.42 bits per heavy atom. The van der Waals surface area contributed by atoms with Gasteiger partial charge < -0.3 is 15.7 Å². The SMILES string of the molecule is CN(Cc1ccc(C#N)cc1)C(=O)C(N)CC(=O)O. The standard InChI is InChI=1S/C13H15N3O3/c1-16(13(19)11(15)6-12(17)18)8-10-4-2-9(7-14)3-5-10/h2-5,11H,6,8,15H2,1H3,(H,17,18). The van der Waals surface area contributed by atoms with E-state index < -0.39 is 24.3 Å². The molecule has 0 bridgehead atoms. The predicted molar refractivity (Wildman–Crippen MR) is 67.9 cm³/mol. The highest BCUT2D eigenvalue weighted by molar-refractivity contribution is 5.85. The maximum atomic E-state index is 11.8. The van der Waals surface area contributed by atoms with Gasteiger partial charge in [-0.15, -0.1) is 0 Å². The molecule has 1 atom stereocenters. The van der Waals surface area contributed by atoms with E-state index in [-0.39, 0.29) is 0 Å². The fourth-order valence-corrected chi connectivity index (χ4v) is 1.59. The summed E-state index contributed by atoms with van der Waals surface area (Å²) < 4.78 is 0. The summed E-state index contributed by atoms with van der Waals surface area (Å²) in [5, 5.41) is 17.2. The highest BCUT2D eigenvalue weighted by Crippen LogP contribution is 2.07. The Balaban J connectivity index is 2.63. The molecular formula is C13H15N3O3. The number of amides is 1. The first-order chi connectivity index (χ1) is 8.93. The Morgan fingerprint density at radius 2 is 2.00 bits per heavy atom. The van der Waals surface area contributed by atoms with Crippen molar-refractivity contribution < 1.29 is 14.7 Å². The summed E-state index contributed by atoms with van der Waals surface area (Å²) in [5.74, 6) is -1.53. The van der Waals surface area contributed by atoms with Gasteiger partial charge in [-0.25, -0.2) is 0 Å². The molecule has 1 aromatic carbocycles. The second-order valence-corrected chi connectivity index (χ2v) is 4.21. The Hall–Kier alpha value is -2.39. The van der Waals surface area contributed by atoms with Crippen molar-refractivity contribution in [2.24, 2.45) is 5.73 Å². The first-order valence-corrected chi connectivity index (χ1v) is 5.65. The molecule has 1 aromatic rings. The molecule has 3 N–H and O–H groups in total. The third-order valence-electron chi connectivity index (χ3n) is 2.59. The van der Waals surface area contributed by atoms with E-state index >= 15 is 0 Å². The lowest BCUT2D eigenvalue weighted by molar-refractivity contribution is -0.141. The summed E-state index contributed by atoms with van der Waals surface area (Å²) in [6.07, 6.45) is -0.392. The number of aliphatic carboxylic acids is 1. The van der Waals surface area contributed by atoms with Crippen LogP contribution in [0.5, 0.6) is 0 Å². The van der Waals surface area contributed by atoms with E-state index in [2.05, 4.69) is 0 Å². The zero-order valence-corrected chi connectivity index (χ0v) is 10.5. The number of carboxylic acid groups (broad SMARTS) is 1. The average molecular weight is 261 g/mol. The molecule has 100 valence electrons. The molecule has 1 amide bonds. The number of likely N-dealkylation sites (N-methyl/N-ethyl adjacent to an activating group) is 1. The summed E-state index contributed by atoms with van der Waals surface area (Å²) in [4.78, 5) is 23.6. The van der Waals surface area contributed by atoms with Crippen molar-refractivity contribution in [3.8, 4) is 6.07 Å². The van der Waals surface area contributed by atoms with E-state index in [0.29, 0.717) is 12.1 Å². The zero-order chi connectivity index (χ0) is 14.4. The fraction of sp³-hybridized carbons (Fsp3) is 0.308. The van der Waals surface area contributed by atoms with Crippen molar-refractivity contribution in [1.29, 1.82) is 5.26 Å². The highest BCUT2D eigenvalue weighted by atomic mass is 16.4. The topological polar surface area (TPSA) is 107 Å². The molecule has 0 heterocycles. The van der Waals surface area contributed by atoms with Crippen LogP contribution >= 0.6 is 0 Å². The monoisotopic (exact) mass is 261 g/mol. The van der Waals surface area contributed by atoms with Gasteiger partial charge in [0.15, 0.2) is 0 Å². The van der Waals surface area contributed by atoms with Gasteiger partial charge in [0.1, 0.15) is 0 Å². The van der Waals surface area contributed by atoms with Crippen LogP contribution in [0.3, 0.4) is 0 Å². The van der Waals surface area contributed by atoms with Gasteiger partial charge >= 0.3 is 5.97 Å². The normalized spacial score (nSPS) is 11.4. The Kier molecular flexibility index (Phi) is 5.03. The number of hydrogen-bond acceptors (Lipinski definition) is 4. The molecule has 0 spiro atoms. The van der Waals surface area contributed by atoms with Gasteiger partial charge in [-0.3, -0.25) is 9.59 Å². The molecule has 1 unspecified atom stereocenters. The number of carbonyl (C=O) groups is 2. The van der Waals surface area contributed by atoms with Gasteiger partial charge in [0.2, 0.25) is 5.91 Å². The number of rotatable bonds is 5. The molecule has 6 nitrogen and oxygen atoms in total. The molecular weight excluding hydrogens is 246 g/mol. The van der Waals surface area contributed by atoms with E-state index in [1.165, 1.54) is 4.90 Å². The van der Waals surface area contributed by atoms with E-state index in [1.54, 1.807) is 31.3 Å². The van der Waals surface area contributed by atoms with Gasteiger partial charge in [0, 0.05) is 13.6 Å². The molecule has 0 radical (unpaired) electrons. The molecule has 0 aliphatic carbocycles. The van der Waals surface area contributed by atoms with Gasteiger partial charge in [-0.1, -0.05) is 12.1 Å². The van der Waals surface area contributed by atoms with Gasteiger partial charge in [-0.05, 0) is 17.7 Å². The number of hydrogen-bond donors (Lipinski definition) is 2. The fourth-order valence-electron chi connectivity index (χ4n) is 1.59. The summed E-state index contributed by atoms with van der Waals surface area (Å²) in [6.45, 7) is 0.317. The molecule has 0 fully saturated rings. The van der Waals surface area contributed by atoms with Crippen LogP contribution in [0.1, 0.15) is 17.5 Å². The second-order valence-electron chi connectivity index (χ2n) is 4.21.